The van der Waals surface area contributed by atoms with Crippen LogP contribution in [0.15, 0.2) is 6.20 Å². The molecule has 2 aliphatic heterocycles. The van der Waals surface area contributed by atoms with Gasteiger partial charge in [-0.25, -0.2) is 14.6 Å². The minimum absolute atomic E-state index is 0.133. The Labute approximate surface area is 161 Å². The van der Waals surface area contributed by atoms with E-state index < -0.39 is 13.9 Å². The summed E-state index contributed by atoms with van der Waals surface area (Å²) in [5, 5.41) is 5.37. The first-order chi connectivity index (χ1) is 13.4. The minimum atomic E-state index is -4.17. The number of aryl methyl sites for hydroxylation is 1. The van der Waals surface area contributed by atoms with E-state index in [-0.39, 0.29) is 18.9 Å². The number of fused-ring (bicyclic) bond motifs is 1. The lowest BCUT2D eigenvalue weighted by Gasteiger charge is -2.28. The number of hydrogen-bond acceptors (Lipinski definition) is 8. The van der Waals surface area contributed by atoms with Gasteiger partial charge in [0.1, 0.15) is 18.0 Å². The summed E-state index contributed by atoms with van der Waals surface area (Å²) in [5.74, 6) is 1.52. The van der Waals surface area contributed by atoms with Crippen LogP contribution >= 0.6 is 7.60 Å². The molecule has 0 aliphatic carbocycles. The van der Waals surface area contributed by atoms with Gasteiger partial charge in [0.05, 0.1) is 37.5 Å². The van der Waals surface area contributed by atoms with Gasteiger partial charge in [-0.2, -0.15) is 5.10 Å². The van der Waals surface area contributed by atoms with Gasteiger partial charge >= 0.3 is 7.60 Å². The average Bonchev–Trinajstić information content (AvgIpc) is 3.27. The van der Waals surface area contributed by atoms with Crippen LogP contribution in [0.2, 0.25) is 0 Å². The summed E-state index contributed by atoms with van der Waals surface area (Å²) in [6.07, 6.45) is 2.06. The fourth-order valence-electron chi connectivity index (χ4n) is 3.54. The van der Waals surface area contributed by atoms with Gasteiger partial charge in [-0.3, -0.25) is 4.57 Å². The Balaban J connectivity index is 1.50. The maximum Gasteiger partial charge on any atom is 0.350 e. The Kier molecular flexibility index (Phi) is 5.64. The summed E-state index contributed by atoms with van der Waals surface area (Å²) >= 11 is 0. The molecule has 2 aromatic heterocycles. The van der Waals surface area contributed by atoms with Crippen molar-refractivity contribution in [1.82, 2.24) is 19.7 Å². The highest BCUT2D eigenvalue weighted by atomic mass is 31.2. The van der Waals surface area contributed by atoms with Crippen LogP contribution in [-0.2, 0) is 18.8 Å². The van der Waals surface area contributed by atoms with E-state index in [2.05, 4.69) is 20.0 Å². The third-order valence-corrected chi connectivity index (χ3v) is 5.30. The molecule has 2 aliphatic rings. The lowest BCUT2D eigenvalue weighted by atomic mass is 10.2. The molecule has 2 aromatic rings. The SMILES string of the molecule is Cc1nc(N2CCOCC2)c2cnn(C3CCC(COCP(=O)(O)O)O3)c2n1. The third kappa shape index (κ3) is 4.35. The quantitative estimate of drug-likeness (QED) is 0.655. The van der Waals surface area contributed by atoms with Crippen LogP contribution in [0.25, 0.3) is 11.0 Å². The smallest absolute Gasteiger partial charge is 0.350 e. The topological polar surface area (TPSA) is 132 Å². The van der Waals surface area contributed by atoms with Gasteiger partial charge in [0, 0.05) is 13.1 Å². The van der Waals surface area contributed by atoms with Gasteiger partial charge in [-0.1, -0.05) is 0 Å². The van der Waals surface area contributed by atoms with Crippen molar-refractivity contribution in [3.05, 3.63) is 12.0 Å². The number of ether oxygens (including phenoxy) is 3. The van der Waals surface area contributed by atoms with Crippen molar-refractivity contribution in [1.29, 1.82) is 0 Å². The molecule has 0 bridgehead atoms. The molecule has 11 nitrogen and oxygen atoms in total. The first kappa shape index (κ1) is 19.7. The summed E-state index contributed by atoms with van der Waals surface area (Å²) in [5.41, 5.74) is 0.718. The Bertz CT molecular complexity index is 880. The summed E-state index contributed by atoms with van der Waals surface area (Å²) < 4.78 is 29.1. The summed E-state index contributed by atoms with van der Waals surface area (Å²) in [6.45, 7) is 4.87. The van der Waals surface area contributed by atoms with E-state index in [1.807, 2.05) is 6.92 Å². The van der Waals surface area contributed by atoms with Crippen LogP contribution in [-0.4, -0.2) is 74.9 Å². The fourth-order valence-corrected chi connectivity index (χ4v) is 3.88. The number of rotatable bonds is 6. The second-order valence-electron chi connectivity index (χ2n) is 6.97. The molecule has 0 spiro atoms. The molecule has 154 valence electrons. The highest BCUT2D eigenvalue weighted by Gasteiger charge is 2.30. The third-order valence-electron chi connectivity index (χ3n) is 4.78. The molecule has 0 amide bonds. The Morgan fingerprint density at radius 3 is 2.82 bits per heavy atom. The minimum Gasteiger partial charge on any atom is -0.378 e. The first-order valence-electron chi connectivity index (χ1n) is 9.23. The predicted molar refractivity (Wildman–Crippen MR) is 99.1 cm³/mol. The molecular weight excluding hydrogens is 389 g/mol. The van der Waals surface area contributed by atoms with E-state index in [1.54, 1.807) is 10.9 Å². The van der Waals surface area contributed by atoms with Crippen molar-refractivity contribution >= 4 is 24.4 Å². The molecule has 0 radical (unpaired) electrons. The van der Waals surface area contributed by atoms with E-state index in [0.717, 1.165) is 36.4 Å². The van der Waals surface area contributed by atoms with Crippen molar-refractivity contribution in [2.75, 3.05) is 44.2 Å². The van der Waals surface area contributed by atoms with E-state index >= 15 is 0 Å². The van der Waals surface area contributed by atoms with E-state index in [9.17, 15) is 4.57 Å². The Morgan fingerprint density at radius 2 is 2.07 bits per heavy atom. The van der Waals surface area contributed by atoms with E-state index in [0.29, 0.717) is 25.5 Å². The van der Waals surface area contributed by atoms with Crippen LogP contribution in [0.1, 0.15) is 24.9 Å². The maximum absolute atomic E-state index is 10.9. The second-order valence-corrected chi connectivity index (χ2v) is 8.56. The molecule has 2 fully saturated rings. The summed E-state index contributed by atoms with van der Waals surface area (Å²) in [6, 6.07) is 0. The molecule has 0 aromatic carbocycles. The number of nitrogens with zero attached hydrogens (tertiary/aromatic N) is 5. The molecule has 2 N–H and O–H groups in total. The number of morpholine rings is 1. The standard InChI is InChI=1S/C16H24N5O6P/c1-11-18-15(20-4-6-25-7-5-20)13-8-17-21(16(13)19-11)14-3-2-12(27-14)9-26-10-28(22,23)24/h8,12,14H,2-7,9-10H2,1H3,(H2,22,23,24). The zero-order valence-electron chi connectivity index (χ0n) is 15.6. The van der Waals surface area contributed by atoms with Gasteiger partial charge in [0.15, 0.2) is 11.9 Å². The van der Waals surface area contributed by atoms with Crippen molar-refractivity contribution in [2.45, 2.75) is 32.1 Å². The van der Waals surface area contributed by atoms with Crippen LogP contribution in [0.3, 0.4) is 0 Å². The van der Waals surface area contributed by atoms with E-state index in [4.69, 9.17) is 24.0 Å². The van der Waals surface area contributed by atoms with E-state index in [1.165, 1.54) is 0 Å². The lowest BCUT2D eigenvalue weighted by molar-refractivity contribution is -0.0391. The molecule has 2 unspecified atom stereocenters. The lowest BCUT2D eigenvalue weighted by Crippen LogP contribution is -2.37. The molecule has 0 saturated carbocycles. The normalized spacial score (nSPS) is 23.6. The van der Waals surface area contributed by atoms with Crippen molar-refractivity contribution in [3.63, 3.8) is 0 Å². The molecule has 2 atom stereocenters. The summed E-state index contributed by atoms with van der Waals surface area (Å²) in [4.78, 5) is 29.1. The van der Waals surface area contributed by atoms with Gasteiger partial charge in [0.2, 0.25) is 0 Å². The summed E-state index contributed by atoms with van der Waals surface area (Å²) in [7, 11) is -4.17. The van der Waals surface area contributed by atoms with Crippen molar-refractivity contribution < 1.29 is 28.6 Å². The number of hydrogen-bond donors (Lipinski definition) is 2. The fraction of sp³-hybridized carbons (Fsp3) is 0.688. The first-order valence-corrected chi connectivity index (χ1v) is 11.0. The molecule has 2 saturated heterocycles. The largest absolute Gasteiger partial charge is 0.378 e. The van der Waals surface area contributed by atoms with Crippen LogP contribution in [0.4, 0.5) is 5.82 Å². The number of anilines is 1. The molecule has 4 heterocycles. The van der Waals surface area contributed by atoms with Gasteiger partial charge in [0.25, 0.3) is 0 Å². The monoisotopic (exact) mass is 413 g/mol. The molecular formula is C16H24N5O6P. The van der Waals surface area contributed by atoms with Crippen LogP contribution in [0.5, 0.6) is 0 Å². The van der Waals surface area contributed by atoms with Gasteiger partial charge in [-0.15, -0.1) is 0 Å². The Hall–Kier alpha value is -1.62. The molecule has 12 heteroatoms. The highest BCUT2D eigenvalue weighted by Crippen LogP contribution is 2.35. The Morgan fingerprint density at radius 1 is 1.29 bits per heavy atom. The number of aromatic nitrogens is 4. The molecule has 28 heavy (non-hydrogen) atoms. The zero-order valence-corrected chi connectivity index (χ0v) is 16.5. The molecule has 4 rings (SSSR count). The average molecular weight is 413 g/mol. The highest BCUT2D eigenvalue weighted by molar-refractivity contribution is 7.51. The second kappa shape index (κ2) is 8.02. The van der Waals surface area contributed by atoms with Crippen molar-refractivity contribution in [2.24, 2.45) is 0 Å². The van der Waals surface area contributed by atoms with Gasteiger partial charge in [-0.05, 0) is 19.8 Å². The predicted octanol–water partition coefficient (Wildman–Crippen LogP) is 0.801. The van der Waals surface area contributed by atoms with Crippen LogP contribution < -0.4 is 4.90 Å². The maximum atomic E-state index is 10.9. The van der Waals surface area contributed by atoms with Gasteiger partial charge < -0.3 is 28.9 Å². The van der Waals surface area contributed by atoms with Crippen molar-refractivity contribution in [3.8, 4) is 0 Å². The van der Waals surface area contributed by atoms with Crippen LogP contribution in [0, 0.1) is 6.92 Å². The zero-order chi connectivity index (χ0) is 19.7.